The molecule has 16 heavy (non-hydrogen) atoms. The average molecular weight is 247 g/mol. The molecule has 2 aliphatic rings. The van der Waals surface area contributed by atoms with Gasteiger partial charge in [-0.3, -0.25) is 4.79 Å². The number of piperidine rings is 1. The number of sulfone groups is 1. The van der Waals surface area contributed by atoms with Gasteiger partial charge in [0.05, 0.1) is 24.0 Å². The third kappa shape index (κ3) is 1.84. The molecule has 0 aromatic rings. The fraction of sp³-hybridized carbons (Fsp3) is 0.900. The molecular weight excluding hydrogens is 230 g/mol. The molecule has 2 fully saturated rings. The Morgan fingerprint density at radius 1 is 1.50 bits per heavy atom. The Bertz CT molecular complexity index is 392. The molecule has 0 bridgehead atoms. The van der Waals surface area contributed by atoms with Gasteiger partial charge in [-0.25, -0.2) is 8.42 Å². The Balaban J connectivity index is 2.35. The van der Waals surface area contributed by atoms with Gasteiger partial charge in [0, 0.05) is 6.04 Å². The lowest BCUT2D eigenvalue weighted by atomic mass is 9.74. The first kappa shape index (κ1) is 11.9. The number of hydrogen-bond donors (Lipinski definition) is 1. The number of carbonyl (C=O) groups excluding carboxylic acids is 1. The van der Waals surface area contributed by atoms with Gasteiger partial charge in [0.1, 0.15) is 0 Å². The fourth-order valence-corrected chi connectivity index (χ4v) is 4.86. The van der Waals surface area contributed by atoms with Gasteiger partial charge in [0.25, 0.3) is 0 Å². The first-order valence-corrected chi connectivity index (χ1v) is 7.34. The average Bonchev–Trinajstić information content (AvgIpc) is 2.26. The van der Waals surface area contributed by atoms with E-state index < -0.39 is 15.3 Å². The molecule has 0 aromatic carbocycles. The van der Waals surface area contributed by atoms with E-state index in [0.29, 0.717) is 12.8 Å². The highest BCUT2D eigenvalue weighted by molar-refractivity contribution is 7.91. The normalized spacial score (nSPS) is 37.4. The van der Waals surface area contributed by atoms with Crippen molar-refractivity contribution in [1.29, 1.82) is 0 Å². The second-order valence-electron chi connectivity index (χ2n) is 4.64. The van der Waals surface area contributed by atoms with Gasteiger partial charge in [-0.05, 0) is 25.8 Å². The molecule has 2 atom stereocenters. The molecule has 0 aromatic heterocycles. The Morgan fingerprint density at radius 2 is 2.25 bits per heavy atom. The van der Waals surface area contributed by atoms with E-state index in [1.54, 1.807) is 0 Å². The van der Waals surface area contributed by atoms with Crippen LogP contribution >= 0.6 is 0 Å². The second kappa shape index (κ2) is 4.00. The van der Waals surface area contributed by atoms with E-state index in [1.807, 2.05) is 0 Å². The van der Waals surface area contributed by atoms with Crippen LogP contribution < -0.4 is 5.32 Å². The minimum Gasteiger partial charge on any atom is -0.469 e. The molecule has 5 nitrogen and oxygen atoms in total. The standard InChI is InChI=1S/C10H17NO4S/c1-15-9(12)10-4-2-5-11-8(10)3-6-16(13,14)7-10/h8,11H,2-7H2,1H3. The van der Waals surface area contributed by atoms with Gasteiger partial charge in [0.15, 0.2) is 9.84 Å². The number of nitrogens with one attached hydrogen (secondary N) is 1. The summed E-state index contributed by atoms with van der Waals surface area (Å²) in [4.78, 5) is 11.9. The molecule has 92 valence electrons. The molecule has 0 spiro atoms. The predicted octanol–water partition coefficient (Wildman–Crippen LogP) is -0.284. The number of rotatable bonds is 1. The van der Waals surface area contributed by atoms with E-state index in [-0.39, 0.29) is 23.5 Å². The summed E-state index contributed by atoms with van der Waals surface area (Å²) in [7, 11) is -1.78. The van der Waals surface area contributed by atoms with E-state index in [9.17, 15) is 13.2 Å². The van der Waals surface area contributed by atoms with Gasteiger partial charge in [-0.2, -0.15) is 0 Å². The van der Waals surface area contributed by atoms with Crippen molar-refractivity contribution in [2.75, 3.05) is 25.2 Å². The molecule has 2 unspecified atom stereocenters. The molecule has 2 heterocycles. The van der Waals surface area contributed by atoms with Gasteiger partial charge in [-0.1, -0.05) is 0 Å². The summed E-state index contributed by atoms with van der Waals surface area (Å²) in [5.74, 6) is -0.277. The van der Waals surface area contributed by atoms with Gasteiger partial charge >= 0.3 is 5.97 Å². The van der Waals surface area contributed by atoms with Crippen molar-refractivity contribution < 1.29 is 17.9 Å². The molecule has 0 saturated carbocycles. The van der Waals surface area contributed by atoms with Crippen LogP contribution in [0.25, 0.3) is 0 Å². The molecule has 0 aliphatic carbocycles. The van der Waals surface area contributed by atoms with Crippen LogP contribution in [0.5, 0.6) is 0 Å². The summed E-state index contributed by atoms with van der Waals surface area (Å²) in [6.45, 7) is 0.851. The largest absolute Gasteiger partial charge is 0.469 e. The van der Waals surface area contributed by atoms with Crippen molar-refractivity contribution in [3.63, 3.8) is 0 Å². The monoisotopic (exact) mass is 247 g/mol. The SMILES string of the molecule is COC(=O)C12CCCNC1CCS(=O)(=O)C2. The Labute approximate surface area is 95.5 Å². The highest BCUT2D eigenvalue weighted by Gasteiger charge is 2.53. The minimum atomic E-state index is -3.11. The third-order valence-electron chi connectivity index (χ3n) is 3.64. The number of fused-ring (bicyclic) bond motifs is 1. The number of ether oxygens (including phenoxy) is 1. The Hall–Kier alpha value is -0.620. The van der Waals surface area contributed by atoms with Crippen LogP contribution in [0.15, 0.2) is 0 Å². The highest BCUT2D eigenvalue weighted by Crippen LogP contribution is 2.39. The molecule has 2 aliphatic heterocycles. The Morgan fingerprint density at radius 3 is 2.94 bits per heavy atom. The smallest absolute Gasteiger partial charge is 0.314 e. The zero-order valence-electron chi connectivity index (χ0n) is 9.36. The summed E-state index contributed by atoms with van der Waals surface area (Å²) in [6, 6.07) is -0.0442. The van der Waals surface area contributed by atoms with E-state index in [1.165, 1.54) is 7.11 Å². The summed E-state index contributed by atoms with van der Waals surface area (Å²) < 4.78 is 28.2. The van der Waals surface area contributed by atoms with E-state index in [0.717, 1.165) is 13.0 Å². The molecule has 0 amide bonds. The maximum atomic E-state index is 11.9. The van der Waals surface area contributed by atoms with Crippen molar-refractivity contribution in [2.45, 2.75) is 25.3 Å². The van der Waals surface area contributed by atoms with Crippen LogP contribution in [-0.4, -0.2) is 45.6 Å². The predicted molar refractivity (Wildman–Crippen MR) is 58.7 cm³/mol. The second-order valence-corrected chi connectivity index (χ2v) is 6.82. The molecule has 2 saturated heterocycles. The van der Waals surface area contributed by atoms with Gasteiger partial charge in [-0.15, -0.1) is 0 Å². The minimum absolute atomic E-state index is 0.0442. The molecule has 0 radical (unpaired) electrons. The molecule has 2 rings (SSSR count). The lowest BCUT2D eigenvalue weighted by molar-refractivity contribution is -0.155. The first-order valence-electron chi connectivity index (χ1n) is 5.52. The van der Waals surface area contributed by atoms with Crippen molar-refractivity contribution >= 4 is 15.8 Å². The number of carbonyl (C=O) groups is 1. The first-order chi connectivity index (χ1) is 7.50. The van der Waals surface area contributed by atoms with Gasteiger partial charge < -0.3 is 10.1 Å². The van der Waals surface area contributed by atoms with Crippen molar-refractivity contribution in [2.24, 2.45) is 5.41 Å². The van der Waals surface area contributed by atoms with E-state index in [2.05, 4.69) is 5.32 Å². The summed E-state index contributed by atoms with van der Waals surface area (Å²) >= 11 is 0. The van der Waals surface area contributed by atoms with Crippen LogP contribution in [0.2, 0.25) is 0 Å². The maximum Gasteiger partial charge on any atom is 0.314 e. The molecule has 1 N–H and O–H groups in total. The number of methoxy groups -OCH3 is 1. The van der Waals surface area contributed by atoms with E-state index in [4.69, 9.17) is 4.74 Å². The number of hydrogen-bond acceptors (Lipinski definition) is 5. The lowest BCUT2D eigenvalue weighted by Crippen LogP contribution is -2.60. The van der Waals surface area contributed by atoms with Crippen LogP contribution in [-0.2, 0) is 19.4 Å². The lowest BCUT2D eigenvalue weighted by Gasteiger charge is -2.44. The van der Waals surface area contributed by atoms with Crippen LogP contribution in [0.1, 0.15) is 19.3 Å². The van der Waals surface area contributed by atoms with E-state index >= 15 is 0 Å². The van der Waals surface area contributed by atoms with Crippen LogP contribution in [0, 0.1) is 5.41 Å². The summed E-state index contributed by atoms with van der Waals surface area (Å²) in [5.41, 5.74) is -0.843. The van der Waals surface area contributed by atoms with Crippen LogP contribution in [0.3, 0.4) is 0 Å². The zero-order chi connectivity index (χ0) is 11.8. The zero-order valence-corrected chi connectivity index (χ0v) is 10.2. The van der Waals surface area contributed by atoms with Crippen molar-refractivity contribution in [1.82, 2.24) is 5.32 Å². The van der Waals surface area contributed by atoms with Crippen LogP contribution in [0.4, 0.5) is 0 Å². The Kier molecular flexibility index (Phi) is 2.96. The quantitative estimate of drug-likeness (QED) is 0.645. The van der Waals surface area contributed by atoms with Crippen molar-refractivity contribution in [3.05, 3.63) is 0 Å². The summed E-state index contributed by atoms with van der Waals surface area (Å²) in [6.07, 6.45) is 1.94. The molecular formula is C10H17NO4S. The van der Waals surface area contributed by atoms with Crippen molar-refractivity contribution in [3.8, 4) is 0 Å². The third-order valence-corrected chi connectivity index (χ3v) is 5.46. The molecule has 6 heteroatoms. The summed E-state index contributed by atoms with van der Waals surface area (Å²) in [5, 5.41) is 3.25. The topological polar surface area (TPSA) is 72.5 Å². The fourth-order valence-electron chi connectivity index (χ4n) is 2.87. The highest BCUT2D eigenvalue weighted by atomic mass is 32.2. The van der Waals surface area contributed by atoms with Gasteiger partial charge in [0.2, 0.25) is 0 Å². The maximum absolute atomic E-state index is 11.9. The number of esters is 1.